The summed E-state index contributed by atoms with van der Waals surface area (Å²) in [5.41, 5.74) is 0. The lowest BCUT2D eigenvalue weighted by Crippen LogP contribution is -2.36. The van der Waals surface area contributed by atoms with Crippen LogP contribution in [0.3, 0.4) is 0 Å². The Balaban J connectivity index is 2.92. The smallest absolute Gasteiger partial charge is 0.307 e. The Morgan fingerprint density at radius 1 is 1.36 bits per heavy atom. The van der Waals surface area contributed by atoms with E-state index in [0.717, 1.165) is 0 Å². The van der Waals surface area contributed by atoms with Crippen LogP contribution in [0.1, 0.15) is 19.8 Å². The first-order valence-corrected chi connectivity index (χ1v) is 4.70. The minimum Gasteiger partial charge on any atom is -0.481 e. The van der Waals surface area contributed by atoms with Gasteiger partial charge in [-0.15, -0.1) is 0 Å². The molecule has 4 heteroatoms. The maximum atomic E-state index is 10.9. The summed E-state index contributed by atoms with van der Waals surface area (Å²) >= 11 is 0. The van der Waals surface area contributed by atoms with Gasteiger partial charge < -0.3 is 10.2 Å². The fourth-order valence-corrected chi connectivity index (χ4v) is 1.96. The largest absolute Gasteiger partial charge is 0.481 e. The van der Waals surface area contributed by atoms with Crippen molar-refractivity contribution in [3.05, 3.63) is 12.2 Å². The number of hydrogen-bond acceptors (Lipinski definition) is 2. The van der Waals surface area contributed by atoms with Crippen LogP contribution in [0.2, 0.25) is 0 Å². The zero-order valence-corrected chi connectivity index (χ0v) is 8.01. The van der Waals surface area contributed by atoms with Crippen molar-refractivity contribution in [2.45, 2.75) is 19.8 Å². The Labute approximate surface area is 82.2 Å². The molecular weight excluding hydrogens is 184 g/mol. The molecule has 0 aromatic heterocycles. The van der Waals surface area contributed by atoms with E-state index >= 15 is 0 Å². The van der Waals surface area contributed by atoms with E-state index < -0.39 is 23.8 Å². The molecule has 14 heavy (non-hydrogen) atoms. The van der Waals surface area contributed by atoms with Crippen LogP contribution in [-0.4, -0.2) is 22.2 Å². The molecule has 0 saturated heterocycles. The van der Waals surface area contributed by atoms with Gasteiger partial charge in [-0.1, -0.05) is 19.1 Å². The van der Waals surface area contributed by atoms with Gasteiger partial charge in [-0.25, -0.2) is 0 Å². The van der Waals surface area contributed by atoms with E-state index in [1.165, 1.54) is 0 Å². The van der Waals surface area contributed by atoms with Gasteiger partial charge in [0.1, 0.15) is 0 Å². The number of carboxylic acids is 2. The number of rotatable bonds is 3. The highest BCUT2D eigenvalue weighted by atomic mass is 16.4. The Kier molecular flexibility index (Phi) is 3.28. The van der Waals surface area contributed by atoms with Crippen LogP contribution >= 0.6 is 0 Å². The number of allylic oxidation sites excluding steroid dienone is 2. The number of aliphatic carboxylic acids is 2. The molecule has 0 heterocycles. The minimum absolute atomic E-state index is 0.151. The van der Waals surface area contributed by atoms with Crippen molar-refractivity contribution in [2.75, 3.05) is 0 Å². The lowest BCUT2D eigenvalue weighted by molar-refractivity contribution is -0.155. The van der Waals surface area contributed by atoms with E-state index in [1.807, 2.05) is 13.0 Å². The Morgan fingerprint density at radius 3 is 2.43 bits per heavy atom. The molecule has 1 rings (SSSR count). The molecule has 78 valence electrons. The zero-order chi connectivity index (χ0) is 10.7. The molecule has 0 unspecified atom stereocenters. The normalized spacial score (nSPS) is 31.4. The maximum absolute atomic E-state index is 10.9. The molecule has 4 nitrogen and oxygen atoms in total. The van der Waals surface area contributed by atoms with Crippen molar-refractivity contribution in [3.63, 3.8) is 0 Å². The van der Waals surface area contributed by atoms with Gasteiger partial charge in [0.2, 0.25) is 0 Å². The molecule has 0 aliphatic heterocycles. The van der Waals surface area contributed by atoms with Crippen molar-refractivity contribution >= 4 is 11.9 Å². The third kappa shape index (κ3) is 1.95. The highest BCUT2D eigenvalue weighted by molar-refractivity contribution is 5.81. The highest BCUT2D eigenvalue weighted by Gasteiger charge is 2.39. The molecule has 0 amide bonds. The molecule has 0 radical (unpaired) electrons. The van der Waals surface area contributed by atoms with Crippen LogP contribution in [0.25, 0.3) is 0 Å². The molecule has 2 N–H and O–H groups in total. The Bertz CT molecular complexity index is 269. The van der Waals surface area contributed by atoms with E-state index in [-0.39, 0.29) is 5.92 Å². The van der Waals surface area contributed by atoms with Crippen molar-refractivity contribution in [1.29, 1.82) is 0 Å². The highest BCUT2D eigenvalue weighted by Crippen LogP contribution is 2.32. The summed E-state index contributed by atoms with van der Waals surface area (Å²) in [4.78, 5) is 21.8. The number of carbonyl (C=O) groups is 2. The summed E-state index contributed by atoms with van der Waals surface area (Å²) in [5, 5.41) is 17.8. The second-order valence-electron chi connectivity index (χ2n) is 3.54. The monoisotopic (exact) mass is 198 g/mol. The third-order valence-electron chi connectivity index (χ3n) is 2.74. The average Bonchev–Trinajstić information content (AvgIpc) is 2.16. The van der Waals surface area contributed by atoms with Crippen LogP contribution < -0.4 is 0 Å². The molecule has 0 aromatic carbocycles. The summed E-state index contributed by atoms with van der Waals surface area (Å²) in [7, 11) is 0. The van der Waals surface area contributed by atoms with Crippen molar-refractivity contribution in [1.82, 2.24) is 0 Å². The van der Waals surface area contributed by atoms with E-state index in [0.29, 0.717) is 12.8 Å². The first kappa shape index (κ1) is 10.8. The summed E-state index contributed by atoms with van der Waals surface area (Å²) in [6.07, 6.45) is 4.57. The molecule has 0 aromatic rings. The molecular formula is C10H14O4. The SMILES string of the molecule is CC[C@H]1C=CC[C@@H](C(=O)O)[C@@H]1C(=O)O. The molecule has 0 fully saturated rings. The summed E-state index contributed by atoms with van der Waals surface area (Å²) in [5.74, 6) is -3.72. The van der Waals surface area contributed by atoms with Gasteiger partial charge in [-0.2, -0.15) is 0 Å². The average molecular weight is 198 g/mol. The van der Waals surface area contributed by atoms with Crippen LogP contribution in [0, 0.1) is 17.8 Å². The topological polar surface area (TPSA) is 74.6 Å². The lowest BCUT2D eigenvalue weighted by Gasteiger charge is -2.28. The van der Waals surface area contributed by atoms with Crippen molar-refractivity contribution in [3.8, 4) is 0 Å². The second-order valence-corrected chi connectivity index (χ2v) is 3.54. The van der Waals surface area contributed by atoms with Gasteiger partial charge in [-0.3, -0.25) is 9.59 Å². The fraction of sp³-hybridized carbons (Fsp3) is 0.600. The first-order valence-electron chi connectivity index (χ1n) is 4.70. The predicted octanol–water partition coefficient (Wildman–Crippen LogP) is 1.37. The van der Waals surface area contributed by atoms with Crippen LogP contribution in [0.4, 0.5) is 0 Å². The Hall–Kier alpha value is -1.32. The van der Waals surface area contributed by atoms with Crippen molar-refractivity contribution < 1.29 is 19.8 Å². The van der Waals surface area contributed by atoms with E-state index in [1.54, 1.807) is 6.08 Å². The molecule has 1 aliphatic rings. The first-order chi connectivity index (χ1) is 6.57. The van der Waals surface area contributed by atoms with Gasteiger partial charge in [0.25, 0.3) is 0 Å². The Morgan fingerprint density at radius 2 is 2.00 bits per heavy atom. The van der Waals surface area contributed by atoms with Gasteiger partial charge >= 0.3 is 11.9 Å². The maximum Gasteiger partial charge on any atom is 0.307 e. The molecule has 1 aliphatic carbocycles. The van der Waals surface area contributed by atoms with Gasteiger partial charge in [0, 0.05) is 0 Å². The second kappa shape index (κ2) is 4.26. The molecule has 0 saturated carbocycles. The van der Waals surface area contributed by atoms with Gasteiger partial charge in [0.05, 0.1) is 11.8 Å². The predicted molar refractivity (Wildman–Crippen MR) is 49.8 cm³/mol. The summed E-state index contributed by atoms with van der Waals surface area (Å²) in [6.45, 7) is 1.87. The van der Waals surface area contributed by atoms with Crippen LogP contribution in [0.5, 0.6) is 0 Å². The van der Waals surface area contributed by atoms with Crippen molar-refractivity contribution in [2.24, 2.45) is 17.8 Å². The third-order valence-corrected chi connectivity index (χ3v) is 2.74. The quantitative estimate of drug-likeness (QED) is 0.672. The molecule has 3 atom stereocenters. The van der Waals surface area contributed by atoms with Gasteiger partial charge in [-0.05, 0) is 18.8 Å². The summed E-state index contributed by atoms with van der Waals surface area (Å²) < 4.78 is 0. The van der Waals surface area contributed by atoms with Gasteiger partial charge in [0.15, 0.2) is 0 Å². The van der Waals surface area contributed by atoms with Crippen LogP contribution in [-0.2, 0) is 9.59 Å². The van der Waals surface area contributed by atoms with E-state index in [9.17, 15) is 9.59 Å². The fourth-order valence-electron chi connectivity index (χ4n) is 1.96. The van der Waals surface area contributed by atoms with Crippen LogP contribution in [0.15, 0.2) is 12.2 Å². The number of hydrogen-bond donors (Lipinski definition) is 2. The standard InChI is InChI=1S/C10H14O4/c1-2-6-4-3-5-7(9(11)12)8(6)10(13)14/h3-4,6-8H,2,5H2,1H3,(H,11,12)(H,13,14)/t6-,7+,8+/m0/s1. The number of carboxylic acid groups (broad SMARTS) is 2. The lowest BCUT2D eigenvalue weighted by atomic mass is 9.75. The molecule has 0 spiro atoms. The summed E-state index contributed by atoms with van der Waals surface area (Å²) in [6, 6.07) is 0. The van der Waals surface area contributed by atoms with E-state index in [4.69, 9.17) is 10.2 Å². The minimum atomic E-state index is -1.01. The zero-order valence-electron chi connectivity index (χ0n) is 8.01. The molecule has 0 bridgehead atoms. The van der Waals surface area contributed by atoms with E-state index in [2.05, 4.69) is 0 Å².